The van der Waals surface area contributed by atoms with Gasteiger partial charge in [0.15, 0.2) is 5.96 Å². The summed E-state index contributed by atoms with van der Waals surface area (Å²) in [6, 6.07) is 0.712. The van der Waals surface area contributed by atoms with E-state index in [1.807, 2.05) is 0 Å². The lowest BCUT2D eigenvalue weighted by Crippen LogP contribution is -2.44. The standard InChI is InChI=1S/C9H16N4/c1-4-13(9-11-2-3-12-9)8-6-10-5-7(1)8/h7-8,10H,1-6H2,(H,11,12)/t7-,8+/m0/s1. The van der Waals surface area contributed by atoms with Crippen LogP contribution in [-0.2, 0) is 0 Å². The highest BCUT2D eigenvalue weighted by Gasteiger charge is 2.39. The van der Waals surface area contributed by atoms with E-state index < -0.39 is 0 Å². The van der Waals surface area contributed by atoms with Gasteiger partial charge in [-0.2, -0.15) is 0 Å². The van der Waals surface area contributed by atoms with Crippen molar-refractivity contribution in [3.8, 4) is 0 Å². The number of aliphatic imine (C=N–C) groups is 1. The number of hydrogen-bond donors (Lipinski definition) is 2. The van der Waals surface area contributed by atoms with Gasteiger partial charge in [-0.15, -0.1) is 0 Å². The molecule has 0 bridgehead atoms. The van der Waals surface area contributed by atoms with Gasteiger partial charge in [0.2, 0.25) is 0 Å². The maximum Gasteiger partial charge on any atom is 0.194 e. The molecule has 0 radical (unpaired) electrons. The highest BCUT2D eigenvalue weighted by Crippen LogP contribution is 2.27. The third-order valence-electron chi connectivity index (χ3n) is 3.37. The predicted octanol–water partition coefficient (Wildman–Crippen LogP) is -0.761. The number of nitrogens with zero attached hydrogens (tertiary/aromatic N) is 2. The van der Waals surface area contributed by atoms with Crippen molar-refractivity contribution in [2.24, 2.45) is 10.9 Å². The van der Waals surface area contributed by atoms with Gasteiger partial charge in [0.05, 0.1) is 6.54 Å². The number of guanidine groups is 1. The molecule has 4 nitrogen and oxygen atoms in total. The second kappa shape index (κ2) is 2.87. The monoisotopic (exact) mass is 180 g/mol. The average Bonchev–Trinajstić information content (AvgIpc) is 2.79. The molecule has 0 amide bonds. The van der Waals surface area contributed by atoms with Gasteiger partial charge in [0.25, 0.3) is 0 Å². The van der Waals surface area contributed by atoms with Crippen LogP contribution in [0.25, 0.3) is 0 Å². The zero-order valence-corrected chi connectivity index (χ0v) is 7.79. The largest absolute Gasteiger partial charge is 0.354 e. The van der Waals surface area contributed by atoms with E-state index in [1.165, 1.54) is 19.5 Å². The van der Waals surface area contributed by atoms with Gasteiger partial charge in [0.1, 0.15) is 0 Å². The fourth-order valence-electron chi connectivity index (χ4n) is 2.69. The van der Waals surface area contributed by atoms with Gasteiger partial charge >= 0.3 is 0 Å². The summed E-state index contributed by atoms with van der Waals surface area (Å²) in [6.45, 7) is 5.52. The van der Waals surface area contributed by atoms with E-state index in [9.17, 15) is 0 Å². The lowest BCUT2D eigenvalue weighted by molar-refractivity contribution is 0.375. The van der Waals surface area contributed by atoms with Crippen LogP contribution in [0.4, 0.5) is 0 Å². The molecule has 0 aliphatic carbocycles. The minimum absolute atomic E-state index is 0.712. The minimum Gasteiger partial charge on any atom is -0.354 e. The van der Waals surface area contributed by atoms with Gasteiger partial charge in [-0.3, -0.25) is 4.99 Å². The van der Waals surface area contributed by atoms with Crippen LogP contribution in [0.2, 0.25) is 0 Å². The third-order valence-corrected chi connectivity index (χ3v) is 3.37. The first-order valence-electron chi connectivity index (χ1n) is 5.21. The van der Waals surface area contributed by atoms with Gasteiger partial charge in [-0.05, 0) is 12.3 Å². The van der Waals surface area contributed by atoms with E-state index in [-0.39, 0.29) is 0 Å². The van der Waals surface area contributed by atoms with Gasteiger partial charge in [-0.25, -0.2) is 0 Å². The maximum atomic E-state index is 4.48. The molecular formula is C9H16N4. The van der Waals surface area contributed by atoms with Crippen LogP contribution in [0.15, 0.2) is 4.99 Å². The number of fused-ring (bicyclic) bond motifs is 1. The van der Waals surface area contributed by atoms with Crippen molar-refractivity contribution in [3.63, 3.8) is 0 Å². The second-order valence-corrected chi connectivity index (χ2v) is 4.10. The topological polar surface area (TPSA) is 39.7 Å². The fourth-order valence-corrected chi connectivity index (χ4v) is 2.69. The van der Waals surface area contributed by atoms with Crippen molar-refractivity contribution in [2.45, 2.75) is 12.5 Å². The summed E-state index contributed by atoms with van der Waals surface area (Å²) in [5.74, 6) is 2.02. The maximum absolute atomic E-state index is 4.48. The highest BCUT2D eigenvalue weighted by molar-refractivity contribution is 5.82. The smallest absolute Gasteiger partial charge is 0.194 e. The first-order chi connectivity index (χ1) is 6.45. The summed E-state index contributed by atoms with van der Waals surface area (Å²) in [6.07, 6.45) is 1.33. The summed E-state index contributed by atoms with van der Waals surface area (Å²) in [5, 5.41) is 6.81. The summed E-state index contributed by atoms with van der Waals surface area (Å²) < 4.78 is 0. The normalized spacial score (nSPS) is 37.5. The molecule has 0 unspecified atom stereocenters. The molecule has 72 valence electrons. The van der Waals surface area contributed by atoms with Gasteiger partial charge < -0.3 is 15.5 Å². The molecule has 3 heterocycles. The van der Waals surface area contributed by atoms with Crippen molar-refractivity contribution < 1.29 is 0 Å². The molecule has 0 aromatic heterocycles. The molecule has 0 aromatic rings. The Labute approximate surface area is 78.4 Å². The summed E-state index contributed by atoms with van der Waals surface area (Å²) in [5.41, 5.74) is 0. The van der Waals surface area contributed by atoms with Crippen molar-refractivity contribution in [1.82, 2.24) is 15.5 Å². The quantitative estimate of drug-likeness (QED) is 0.515. The first-order valence-corrected chi connectivity index (χ1v) is 5.21. The summed E-state index contributed by atoms with van der Waals surface area (Å²) in [4.78, 5) is 6.94. The molecule has 3 rings (SSSR count). The van der Waals surface area contributed by atoms with Crippen LogP contribution in [0, 0.1) is 5.92 Å². The molecule has 3 aliphatic heterocycles. The van der Waals surface area contributed by atoms with E-state index in [0.717, 1.165) is 31.5 Å². The molecule has 3 aliphatic rings. The molecule has 2 N–H and O–H groups in total. The van der Waals surface area contributed by atoms with E-state index in [4.69, 9.17) is 0 Å². The Bertz CT molecular complexity index is 238. The Hall–Kier alpha value is -0.770. The van der Waals surface area contributed by atoms with Crippen molar-refractivity contribution in [3.05, 3.63) is 0 Å². The third kappa shape index (κ3) is 1.12. The zero-order chi connectivity index (χ0) is 8.67. The summed E-state index contributed by atoms with van der Waals surface area (Å²) in [7, 11) is 0. The van der Waals surface area contributed by atoms with Gasteiger partial charge in [-0.1, -0.05) is 0 Å². The Morgan fingerprint density at radius 1 is 1.38 bits per heavy atom. The number of hydrogen-bond acceptors (Lipinski definition) is 4. The molecule has 0 saturated carbocycles. The molecule has 2 fully saturated rings. The SMILES string of the molecule is C1CNC(N2CC[C@H]3CNC[C@H]32)=N1. The molecule has 13 heavy (non-hydrogen) atoms. The summed E-state index contributed by atoms with van der Waals surface area (Å²) >= 11 is 0. The van der Waals surface area contributed by atoms with Crippen molar-refractivity contribution in [2.75, 3.05) is 32.7 Å². The molecule has 0 spiro atoms. The lowest BCUT2D eigenvalue weighted by Gasteiger charge is -2.24. The molecular weight excluding hydrogens is 164 g/mol. The van der Waals surface area contributed by atoms with Crippen LogP contribution < -0.4 is 10.6 Å². The highest BCUT2D eigenvalue weighted by atomic mass is 15.4. The first kappa shape index (κ1) is 7.62. The molecule has 2 atom stereocenters. The Morgan fingerprint density at radius 3 is 3.23 bits per heavy atom. The van der Waals surface area contributed by atoms with Crippen LogP contribution in [0.1, 0.15) is 6.42 Å². The van der Waals surface area contributed by atoms with E-state index >= 15 is 0 Å². The average molecular weight is 180 g/mol. The van der Waals surface area contributed by atoms with Crippen molar-refractivity contribution >= 4 is 5.96 Å². The van der Waals surface area contributed by atoms with E-state index in [2.05, 4.69) is 20.5 Å². The number of likely N-dealkylation sites (tertiary alicyclic amines) is 1. The van der Waals surface area contributed by atoms with E-state index in [1.54, 1.807) is 0 Å². The number of nitrogens with one attached hydrogen (secondary N) is 2. The Morgan fingerprint density at radius 2 is 2.38 bits per heavy atom. The van der Waals surface area contributed by atoms with Crippen LogP contribution in [-0.4, -0.2) is 49.6 Å². The Kier molecular flexibility index (Phi) is 1.68. The van der Waals surface area contributed by atoms with Crippen LogP contribution in [0.5, 0.6) is 0 Å². The predicted molar refractivity (Wildman–Crippen MR) is 51.8 cm³/mol. The lowest BCUT2D eigenvalue weighted by atomic mass is 10.1. The molecule has 0 aromatic carbocycles. The minimum atomic E-state index is 0.712. The fraction of sp³-hybridized carbons (Fsp3) is 0.889. The number of rotatable bonds is 0. The molecule has 4 heteroatoms. The zero-order valence-electron chi connectivity index (χ0n) is 7.79. The Balaban J connectivity index is 1.77. The van der Waals surface area contributed by atoms with Crippen LogP contribution >= 0.6 is 0 Å². The van der Waals surface area contributed by atoms with E-state index in [0.29, 0.717) is 6.04 Å². The van der Waals surface area contributed by atoms with Gasteiger partial charge in [0, 0.05) is 32.2 Å². The molecule has 2 saturated heterocycles. The van der Waals surface area contributed by atoms with Crippen molar-refractivity contribution in [1.29, 1.82) is 0 Å². The van der Waals surface area contributed by atoms with Crippen LogP contribution in [0.3, 0.4) is 0 Å². The second-order valence-electron chi connectivity index (χ2n) is 4.10.